The summed E-state index contributed by atoms with van der Waals surface area (Å²) in [7, 11) is 0. The number of anilines is 3. The highest BCUT2D eigenvalue weighted by Gasteiger charge is 2.47. The number of furan rings is 1. The summed E-state index contributed by atoms with van der Waals surface area (Å²) in [6.45, 7) is 14.0. The molecule has 8 aromatic rings. The van der Waals surface area contributed by atoms with Crippen molar-refractivity contribution in [1.82, 2.24) is 4.48 Å². The van der Waals surface area contributed by atoms with E-state index in [1.54, 1.807) is 0 Å². The van der Waals surface area contributed by atoms with E-state index in [9.17, 15) is 0 Å². The largest absolute Gasteiger partial charge is 0.454 e. The predicted octanol–water partition coefficient (Wildman–Crippen LogP) is 11.2. The molecule has 0 radical (unpaired) electrons. The Morgan fingerprint density at radius 1 is 0.612 bits per heavy atom. The van der Waals surface area contributed by atoms with Crippen molar-refractivity contribution in [2.75, 3.05) is 4.90 Å². The van der Waals surface area contributed by atoms with Gasteiger partial charge in [0, 0.05) is 47.9 Å². The van der Waals surface area contributed by atoms with E-state index in [2.05, 4.69) is 154 Å². The average molecular weight is 651 g/mol. The van der Waals surface area contributed by atoms with Crippen molar-refractivity contribution >= 4 is 90.3 Å². The summed E-state index contributed by atoms with van der Waals surface area (Å²) < 4.78 is 9.63. The Morgan fingerprint density at radius 2 is 1.37 bits per heavy atom. The lowest BCUT2D eigenvalue weighted by Crippen LogP contribution is -2.57. The number of rotatable bonds is 0. The van der Waals surface area contributed by atoms with Gasteiger partial charge in [-0.15, -0.1) is 0 Å². The maximum atomic E-state index is 6.95. The Labute approximate surface area is 290 Å². The monoisotopic (exact) mass is 650 g/mol. The van der Waals surface area contributed by atoms with Gasteiger partial charge in [0.15, 0.2) is 5.58 Å². The van der Waals surface area contributed by atoms with Gasteiger partial charge in [-0.25, -0.2) is 0 Å². The zero-order valence-electron chi connectivity index (χ0n) is 28.6. The fraction of sp³-hybridized carbons (Fsp3) is 0.182. The van der Waals surface area contributed by atoms with E-state index >= 15 is 0 Å². The van der Waals surface area contributed by atoms with Crippen LogP contribution in [0.5, 0.6) is 0 Å². The quantitative estimate of drug-likeness (QED) is 0.152. The van der Waals surface area contributed by atoms with Gasteiger partial charge in [0.25, 0.3) is 0 Å². The van der Waals surface area contributed by atoms with Crippen LogP contribution in [0.15, 0.2) is 117 Å². The molecular formula is C44H35BN2OS. The first-order chi connectivity index (χ1) is 23.6. The van der Waals surface area contributed by atoms with E-state index in [1.807, 2.05) is 11.8 Å². The van der Waals surface area contributed by atoms with Crippen molar-refractivity contribution in [2.24, 2.45) is 0 Å². The molecule has 0 unspecified atom stereocenters. The second-order valence-corrected chi connectivity index (χ2v) is 17.3. The van der Waals surface area contributed by atoms with Crippen LogP contribution < -0.4 is 15.8 Å². The van der Waals surface area contributed by atoms with E-state index in [0.29, 0.717) is 0 Å². The Balaban J connectivity index is 1.39. The molecule has 0 aliphatic carbocycles. The van der Waals surface area contributed by atoms with Crippen LogP contribution in [0.4, 0.5) is 17.1 Å². The third kappa shape index (κ3) is 3.51. The lowest BCUT2D eigenvalue weighted by molar-refractivity contribution is 0.590. The van der Waals surface area contributed by atoms with Gasteiger partial charge in [-0.3, -0.25) is 0 Å². The maximum absolute atomic E-state index is 6.95. The van der Waals surface area contributed by atoms with Crippen LogP contribution in [0.2, 0.25) is 0 Å². The molecule has 5 heterocycles. The molecule has 11 rings (SSSR count). The van der Waals surface area contributed by atoms with Crippen LogP contribution in [-0.2, 0) is 10.8 Å². The minimum absolute atomic E-state index is 0.00634. The van der Waals surface area contributed by atoms with Crippen molar-refractivity contribution in [3.8, 4) is 11.1 Å². The van der Waals surface area contributed by atoms with E-state index in [4.69, 9.17) is 4.42 Å². The van der Waals surface area contributed by atoms with E-state index in [1.165, 1.54) is 87.2 Å². The number of hydrogen-bond donors (Lipinski definition) is 0. The average Bonchev–Trinajstić information content (AvgIpc) is 3.62. The molecule has 5 heteroatoms. The summed E-state index contributed by atoms with van der Waals surface area (Å²) in [5, 5.41) is 5.02. The highest BCUT2D eigenvalue weighted by Crippen LogP contribution is 2.56. The lowest BCUT2D eigenvalue weighted by Gasteiger charge is -2.43. The van der Waals surface area contributed by atoms with Gasteiger partial charge in [0.2, 0.25) is 0 Å². The van der Waals surface area contributed by atoms with Gasteiger partial charge in [0.1, 0.15) is 5.58 Å². The van der Waals surface area contributed by atoms with Crippen molar-refractivity contribution in [1.29, 1.82) is 0 Å². The topological polar surface area (TPSA) is 21.3 Å². The minimum Gasteiger partial charge on any atom is -0.454 e. The van der Waals surface area contributed by atoms with E-state index < -0.39 is 0 Å². The molecule has 3 nitrogen and oxygen atoms in total. The highest BCUT2D eigenvalue weighted by molar-refractivity contribution is 7.99. The standard InChI is InChI=1S/C44H35BN2OS/c1-43(2,3)24-18-19-33-27(20-24)29-21-25(44(4,5)6)22-30-28-23-31-26-12-7-9-15-35(26)48-42(31)41-38(28)45(47(33)39(29)30)32-13-11-17-37-40(32)46(41)34-14-8-10-16-36(34)49-37/h7-23H,1-6H3. The zero-order valence-corrected chi connectivity index (χ0v) is 29.4. The summed E-state index contributed by atoms with van der Waals surface area (Å²) in [5.41, 5.74) is 16.2. The summed E-state index contributed by atoms with van der Waals surface area (Å²) in [4.78, 5) is 5.09. The van der Waals surface area contributed by atoms with Gasteiger partial charge in [-0.05, 0) is 93.0 Å². The number of benzene rings is 6. The summed E-state index contributed by atoms with van der Waals surface area (Å²) >= 11 is 1.88. The molecular weight excluding hydrogens is 615 g/mol. The van der Waals surface area contributed by atoms with E-state index in [-0.39, 0.29) is 17.7 Å². The molecule has 3 aliphatic rings. The molecule has 0 saturated carbocycles. The smallest absolute Gasteiger partial charge is 0.333 e. The first-order valence-electron chi connectivity index (χ1n) is 17.4. The zero-order chi connectivity index (χ0) is 33.1. The molecule has 0 spiro atoms. The molecule has 0 N–H and O–H groups in total. The maximum Gasteiger partial charge on any atom is 0.333 e. The Kier molecular flexibility index (Phi) is 5.16. The van der Waals surface area contributed by atoms with Crippen molar-refractivity contribution in [2.45, 2.75) is 62.2 Å². The lowest BCUT2D eigenvalue weighted by atomic mass is 9.45. The molecule has 0 fully saturated rings. The van der Waals surface area contributed by atoms with Gasteiger partial charge in [-0.1, -0.05) is 102 Å². The van der Waals surface area contributed by atoms with Crippen molar-refractivity contribution in [3.63, 3.8) is 0 Å². The first kappa shape index (κ1) is 28.0. The number of hydrogen-bond acceptors (Lipinski definition) is 3. The number of para-hydroxylation sites is 3. The normalized spacial score (nSPS) is 14.6. The fourth-order valence-electron chi connectivity index (χ4n) is 8.84. The van der Waals surface area contributed by atoms with Crippen LogP contribution in [0.25, 0.3) is 54.9 Å². The van der Waals surface area contributed by atoms with Gasteiger partial charge in [-0.2, -0.15) is 0 Å². The summed E-state index contributed by atoms with van der Waals surface area (Å²) in [6, 6.07) is 39.0. The molecule has 6 aromatic carbocycles. The Bertz CT molecular complexity index is 2790. The van der Waals surface area contributed by atoms with E-state index in [0.717, 1.165) is 16.6 Å². The van der Waals surface area contributed by atoms with Crippen molar-refractivity contribution < 1.29 is 4.42 Å². The molecule has 0 bridgehead atoms. The van der Waals surface area contributed by atoms with Gasteiger partial charge in [0.05, 0.1) is 17.1 Å². The molecule has 2 aromatic heterocycles. The van der Waals surface area contributed by atoms with Crippen LogP contribution in [0, 0.1) is 0 Å². The predicted molar refractivity (Wildman–Crippen MR) is 209 cm³/mol. The van der Waals surface area contributed by atoms with Gasteiger partial charge >= 0.3 is 6.85 Å². The molecule has 0 saturated heterocycles. The van der Waals surface area contributed by atoms with Crippen LogP contribution >= 0.6 is 11.8 Å². The van der Waals surface area contributed by atoms with Crippen LogP contribution in [0.3, 0.4) is 0 Å². The van der Waals surface area contributed by atoms with Crippen LogP contribution in [0.1, 0.15) is 52.7 Å². The summed E-state index contributed by atoms with van der Waals surface area (Å²) in [5.74, 6) is 0. The number of aromatic nitrogens is 1. The number of fused-ring (bicyclic) bond motifs is 13. The number of nitrogens with zero attached hydrogens (tertiary/aromatic N) is 2. The second kappa shape index (κ2) is 9.02. The third-order valence-electron chi connectivity index (χ3n) is 11.2. The molecule has 236 valence electrons. The molecule has 0 atom stereocenters. The Hall–Kier alpha value is -4.87. The highest BCUT2D eigenvalue weighted by atomic mass is 32.2. The summed E-state index contributed by atoms with van der Waals surface area (Å²) in [6.07, 6.45) is 0. The van der Waals surface area contributed by atoms with Crippen molar-refractivity contribution in [3.05, 3.63) is 114 Å². The fourth-order valence-corrected chi connectivity index (χ4v) is 9.94. The minimum atomic E-state index is -0.0192. The van der Waals surface area contributed by atoms with Gasteiger partial charge < -0.3 is 13.8 Å². The SMILES string of the molecule is CC(C)(C)c1ccc2c(c1)c1cc(C(C)(C)C)cc3c1n2B1c2cccc4c2N(c2ccccc2S4)c2c1c-3cc1c2oc2ccccc21. The Morgan fingerprint density at radius 3 is 2.20 bits per heavy atom. The van der Waals surface area contributed by atoms with Crippen LogP contribution in [-0.4, -0.2) is 11.3 Å². The molecule has 3 aliphatic heterocycles. The third-order valence-corrected chi connectivity index (χ3v) is 12.3. The molecule has 0 amide bonds. The first-order valence-corrected chi connectivity index (χ1v) is 18.2. The molecule has 49 heavy (non-hydrogen) atoms. The second-order valence-electron chi connectivity index (χ2n) is 16.2.